The average Bonchev–Trinajstić information content (AvgIpc) is 2.44. The van der Waals surface area contributed by atoms with E-state index in [0.29, 0.717) is 11.5 Å². The lowest BCUT2D eigenvalue weighted by molar-refractivity contribution is -0.0522. The third-order valence-corrected chi connectivity index (χ3v) is 2.55. The lowest BCUT2D eigenvalue weighted by Gasteiger charge is -2.12. The zero-order valence-electron chi connectivity index (χ0n) is 11.0. The number of anilines is 1. The van der Waals surface area contributed by atoms with Crippen LogP contribution in [-0.4, -0.2) is 13.7 Å². The van der Waals surface area contributed by atoms with Crippen molar-refractivity contribution in [3.8, 4) is 23.0 Å². The van der Waals surface area contributed by atoms with E-state index in [4.69, 9.17) is 15.2 Å². The summed E-state index contributed by atoms with van der Waals surface area (Å²) in [5.74, 6) is -0.740. The first-order valence-electron chi connectivity index (χ1n) is 5.85. The SMILES string of the molecule is COc1cccc(Oc2cc(OC(F)F)c(F)cc2N)c1. The van der Waals surface area contributed by atoms with Crippen molar-refractivity contribution in [1.82, 2.24) is 0 Å². The highest BCUT2D eigenvalue weighted by molar-refractivity contribution is 5.57. The summed E-state index contributed by atoms with van der Waals surface area (Å²) < 4.78 is 52.3. The third-order valence-electron chi connectivity index (χ3n) is 2.55. The Morgan fingerprint density at radius 2 is 1.76 bits per heavy atom. The second-order valence-corrected chi connectivity index (χ2v) is 3.98. The molecule has 2 N–H and O–H groups in total. The number of benzene rings is 2. The number of nitrogens with two attached hydrogens (primary N) is 1. The number of ether oxygens (including phenoxy) is 3. The predicted molar refractivity (Wildman–Crippen MR) is 70.5 cm³/mol. The summed E-state index contributed by atoms with van der Waals surface area (Å²) in [4.78, 5) is 0. The summed E-state index contributed by atoms with van der Waals surface area (Å²) in [6.07, 6.45) is 0. The Labute approximate surface area is 118 Å². The Bertz CT molecular complexity index is 635. The molecule has 0 fully saturated rings. The van der Waals surface area contributed by atoms with Crippen LogP contribution in [0, 0.1) is 5.82 Å². The minimum atomic E-state index is -3.15. The van der Waals surface area contributed by atoms with Gasteiger partial charge in [-0.2, -0.15) is 8.78 Å². The largest absolute Gasteiger partial charge is 0.497 e. The van der Waals surface area contributed by atoms with E-state index in [0.717, 1.165) is 12.1 Å². The Kier molecular flexibility index (Phi) is 4.42. The average molecular weight is 299 g/mol. The standard InChI is InChI=1S/C14H12F3NO3/c1-19-8-3-2-4-9(5-8)20-13-7-12(21-14(16)17)10(15)6-11(13)18/h2-7,14H,18H2,1H3. The van der Waals surface area contributed by atoms with Gasteiger partial charge in [0.2, 0.25) is 0 Å². The fourth-order valence-corrected chi connectivity index (χ4v) is 1.62. The maximum Gasteiger partial charge on any atom is 0.387 e. The van der Waals surface area contributed by atoms with Crippen molar-refractivity contribution in [3.63, 3.8) is 0 Å². The molecular formula is C14H12F3NO3. The van der Waals surface area contributed by atoms with Gasteiger partial charge >= 0.3 is 6.61 Å². The molecule has 0 heterocycles. The van der Waals surface area contributed by atoms with Crippen LogP contribution in [0.15, 0.2) is 36.4 Å². The molecule has 0 saturated carbocycles. The Balaban J connectivity index is 2.30. The van der Waals surface area contributed by atoms with Crippen LogP contribution in [0.1, 0.15) is 0 Å². The van der Waals surface area contributed by atoms with Gasteiger partial charge in [-0.25, -0.2) is 4.39 Å². The molecule has 0 aliphatic rings. The van der Waals surface area contributed by atoms with Crippen LogP contribution in [0.25, 0.3) is 0 Å². The van der Waals surface area contributed by atoms with Gasteiger partial charge in [-0.15, -0.1) is 0 Å². The number of halogens is 3. The highest BCUT2D eigenvalue weighted by atomic mass is 19.3. The van der Waals surface area contributed by atoms with Crippen LogP contribution in [0.4, 0.5) is 18.9 Å². The summed E-state index contributed by atoms with van der Waals surface area (Å²) in [5.41, 5.74) is 5.56. The van der Waals surface area contributed by atoms with Gasteiger partial charge in [0.1, 0.15) is 11.5 Å². The Hall–Kier alpha value is -2.57. The maximum atomic E-state index is 13.4. The van der Waals surface area contributed by atoms with Gasteiger partial charge in [0.25, 0.3) is 0 Å². The van der Waals surface area contributed by atoms with Crippen LogP contribution >= 0.6 is 0 Å². The zero-order chi connectivity index (χ0) is 15.4. The molecule has 0 saturated heterocycles. The molecule has 0 aliphatic heterocycles. The molecule has 2 aromatic rings. The topological polar surface area (TPSA) is 53.7 Å². The molecule has 0 amide bonds. The van der Waals surface area contributed by atoms with E-state index in [-0.39, 0.29) is 11.4 Å². The van der Waals surface area contributed by atoms with Gasteiger partial charge in [0, 0.05) is 18.2 Å². The van der Waals surface area contributed by atoms with Crippen molar-refractivity contribution in [2.24, 2.45) is 0 Å². The molecule has 0 bridgehead atoms. The molecule has 0 aliphatic carbocycles. The summed E-state index contributed by atoms with van der Waals surface area (Å²) >= 11 is 0. The second-order valence-electron chi connectivity index (χ2n) is 3.98. The van der Waals surface area contributed by atoms with Gasteiger partial charge in [-0.1, -0.05) is 6.07 Å². The smallest absolute Gasteiger partial charge is 0.387 e. The van der Waals surface area contributed by atoms with Crippen molar-refractivity contribution in [1.29, 1.82) is 0 Å². The van der Waals surface area contributed by atoms with E-state index < -0.39 is 18.2 Å². The number of hydrogen-bond acceptors (Lipinski definition) is 4. The highest BCUT2D eigenvalue weighted by Crippen LogP contribution is 2.34. The van der Waals surface area contributed by atoms with Gasteiger partial charge in [0.15, 0.2) is 17.3 Å². The van der Waals surface area contributed by atoms with Crippen molar-refractivity contribution < 1.29 is 27.4 Å². The molecule has 112 valence electrons. The van der Waals surface area contributed by atoms with Gasteiger partial charge in [0.05, 0.1) is 12.8 Å². The molecule has 2 rings (SSSR count). The van der Waals surface area contributed by atoms with E-state index in [1.54, 1.807) is 24.3 Å². The highest BCUT2D eigenvalue weighted by Gasteiger charge is 2.14. The van der Waals surface area contributed by atoms with E-state index in [2.05, 4.69) is 4.74 Å². The van der Waals surface area contributed by atoms with Gasteiger partial charge in [-0.3, -0.25) is 0 Å². The molecule has 4 nitrogen and oxygen atoms in total. The molecule has 0 spiro atoms. The molecule has 0 radical (unpaired) electrons. The van der Waals surface area contributed by atoms with Gasteiger partial charge in [-0.05, 0) is 12.1 Å². The van der Waals surface area contributed by atoms with Crippen LogP contribution in [0.5, 0.6) is 23.0 Å². The minimum absolute atomic E-state index is 0.000281. The maximum absolute atomic E-state index is 13.4. The first-order valence-corrected chi connectivity index (χ1v) is 5.85. The lowest BCUT2D eigenvalue weighted by atomic mass is 10.2. The molecule has 0 atom stereocenters. The first-order chi connectivity index (χ1) is 9.99. The minimum Gasteiger partial charge on any atom is -0.497 e. The van der Waals surface area contributed by atoms with Crippen molar-refractivity contribution in [2.75, 3.05) is 12.8 Å². The quantitative estimate of drug-likeness (QED) is 0.853. The predicted octanol–water partition coefficient (Wildman–Crippen LogP) is 3.81. The van der Waals surface area contributed by atoms with Crippen LogP contribution in [0.3, 0.4) is 0 Å². The third kappa shape index (κ3) is 3.71. The van der Waals surface area contributed by atoms with Gasteiger partial charge < -0.3 is 19.9 Å². The summed E-state index contributed by atoms with van der Waals surface area (Å²) in [6, 6.07) is 8.37. The Morgan fingerprint density at radius 1 is 1.05 bits per heavy atom. The lowest BCUT2D eigenvalue weighted by Crippen LogP contribution is -2.05. The first kappa shape index (κ1) is 14.8. The summed E-state index contributed by atoms with van der Waals surface area (Å²) in [6.45, 7) is -3.15. The number of nitrogen functional groups attached to an aromatic ring is 1. The summed E-state index contributed by atoms with van der Waals surface area (Å²) in [7, 11) is 1.49. The zero-order valence-corrected chi connectivity index (χ0v) is 11.0. The van der Waals surface area contributed by atoms with Crippen molar-refractivity contribution >= 4 is 5.69 Å². The van der Waals surface area contributed by atoms with E-state index in [9.17, 15) is 13.2 Å². The van der Waals surface area contributed by atoms with Crippen LogP contribution in [-0.2, 0) is 0 Å². The fraction of sp³-hybridized carbons (Fsp3) is 0.143. The number of methoxy groups -OCH3 is 1. The van der Waals surface area contributed by atoms with E-state index >= 15 is 0 Å². The van der Waals surface area contributed by atoms with E-state index in [1.165, 1.54) is 7.11 Å². The Morgan fingerprint density at radius 3 is 2.43 bits per heavy atom. The molecule has 0 unspecified atom stereocenters. The normalized spacial score (nSPS) is 10.5. The number of rotatable bonds is 5. The van der Waals surface area contributed by atoms with Crippen LogP contribution < -0.4 is 19.9 Å². The van der Waals surface area contributed by atoms with Crippen LogP contribution in [0.2, 0.25) is 0 Å². The molecule has 2 aromatic carbocycles. The second kappa shape index (κ2) is 6.25. The van der Waals surface area contributed by atoms with Crippen molar-refractivity contribution in [3.05, 3.63) is 42.2 Å². The molecule has 21 heavy (non-hydrogen) atoms. The molecule has 7 heteroatoms. The number of alkyl halides is 2. The van der Waals surface area contributed by atoms with Crippen molar-refractivity contribution in [2.45, 2.75) is 6.61 Å². The monoisotopic (exact) mass is 299 g/mol. The molecule has 0 aromatic heterocycles. The summed E-state index contributed by atoms with van der Waals surface area (Å²) in [5, 5.41) is 0. The fourth-order valence-electron chi connectivity index (χ4n) is 1.62. The van der Waals surface area contributed by atoms with E-state index in [1.807, 2.05) is 0 Å². The molecular weight excluding hydrogens is 287 g/mol. The number of hydrogen-bond donors (Lipinski definition) is 1.